The number of amides is 1. The number of sulfone groups is 1. The lowest BCUT2D eigenvalue weighted by atomic mass is 9.84. The molecule has 0 spiro atoms. The zero-order valence-electron chi connectivity index (χ0n) is 20.1. The first kappa shape index (κ1) is 24.9. The average Bonchev–Trinajstić information content (AvgIpc) is 3.20. The van der Waals surface area contributed by atoms with E-state index in [-0.39, 0.29) is 22.8 Å². The number of nitrogens with zero attached hydrogens (tertiary/aromatic N) is 2. The SMILES string of the molecule is CCC(C)(C)S(=O)(=O)c1ccc(NC2NN([C@]3(CC#N)CCCOC3)C3CCNC(=O)C23)cc1. The van der Waals surface area contributed by atoms with Crippen LogP contribution in [0, 0.1) is 17.2 Å². The fourth-order valence-electron chi connectivity index (χ4n) is 5.23. The Morgan fingerprint density at radius 1 is 1.32 bits per heavy atom. The highest BCUT2D eigenvalue weighted by atomic mass is 32.2. The molecule has 0 aromatic heterocycles. The van der Waals surface area contributed by atoms with Crippen molar-refractivity contribution < 1.29 is 17.9 Å². The number of nitrogens with one attached hydrogen (secondary N) is 3. The monoisotopic (exact) mass is 489 g/mol. The van der Waals surface area contributed by atoms with Crippen molar-refractivity contribution in [1.29, 1.82) is 5.26 Å². The summed E-state index contributed by atoms with van der Waals surface area (Å²) in [6.45, 7) is 7.06. The molecular weight excluding hydrogens is 454 g/mol. The van der Waals surface area contributed by atoms with Gasteiger partial charge in [0.15, 0.2) is 9.84 Å². The maximum absolute atomic E-state index is 13.0. The van der Waals surface area contributed by atoms with Gasteiger partial charge in [0.05, 0.1) is 40.2 Å². The van der Waals surface area contributed by atoms with Gasteiger partial charge in [-0.15, -0.1) is 0 Å². The molecule has 0 bridgehead atoms. The first-order valence-corrected chi connectivity index (χ1v) is 13.5. The molecule has 1 aromatic carbocycles. The third-order valence-corrected chi connectivity index (χ3v) is 10.3. The van der Waals surface area contributed by atoms with E-state index in [1.54, 1.807) is 38.1 Å². The molecule has 3 saturated heterocycles. The van der Waals surface area contributed by atoms with Crippen LogP contribution >= 0.6 is 0 Å². The molecule has 3 unspecified atom stereocenters. The second-order valence-electron chi connectivity index (χ2n) is 10.2. The average molecular weight is 490 g/mol. The van der Waals surface area contributed by atoms with Crippen molar-refractivity contribution in [3.63, 3.8) is 0 Å². The smallest absolute Gasteiger partial charge is 0.228 e. The number of piperidine rings is 1. The summed E-state index contributed by atoms with van der Waals surface area (Å²) in [5.74, 6) is -0.384. The Kier molecular flexibility index (Phi) is 6.93. The molecule has 34 heavy (non-hydrogen) atoms. The Balaban J connectivity index is 1.58. The third kappa shape index (κ3) is 4.31. The first-order chi connectivity index (χ1) is 16.1. The number of ether oxygens (including phenoxy) is 1. The van der Waals surface area contributed by atoms with Gasteiger partial charge >= 0.3 is 0 Å². The molecule has 186 valence electrons. The first-order valence-electron chi connectivity index (χ1n) is 12.0. The van der Waals surface area contributed by atoms with Gasteiger partial charge in [-0.1, -0.05) is 6.92 Å². The number of anilines is 1. The largest absolute Gasteiger partial charge is 0.379 e. The van der Waals surface area contributed by atoms with Crippen molar-refractivity contribution in [3.8, 4) is 6.07 Å². The molecule has 3 aliphatic heterocycles. The minimum atomic E-state index is -3.46. The van der Waals surface area contributed by atoms with Crippen molar-refractivity contribution >= 4 is 21.4 Å². The summed E-state index contributed by atoms with van der Waals surface area (Å²) >= 11 is 0. The lowest BCUT2D eigenvalue weighted by Crippen LogP contribution is -2.61. The number of hydrazine groups is 1. The second kappa shape index (κ2) is 9.46. The quantitative estimate of drug-likeness (QED) is 0.532. The number of hydrogen-bond acceptors (Lipinski definition) is 8. The van der Waals surface area contributed by atoms with Crippen molar-refractivity contribution in [2.24, 2.45) is 5.92 Å². The third-order valence-electron chi connectivity index (χ3n) is 7.71. The Labute approximate surface area is 202 Å². The van der Waals surface area contributed by atoms with Gasteiger partial charge in [0.2, 0.25) is 5.91 Å². The zero-order valence-corrected chi connectivity index (χ0v) is 21.0. The second-order valence-corrected chi connectivity index (χ2v) is 12.7. The molecule has 0 radical (unpaired) electrons. The standard InChI is InChI=1S/C24H35N5O4S/c1-4-23(2,3)34(31,32)18-8-6-17(7-9-18)27-21-20-19(10-14-26-22(20)30)29(28-21)24(12-13-25)11-5-15-33-16-24/h6-9,19-21,27-28H,4-5,10-12,14-16H2,1-3H3,(H,26,30)/t19?,20?,21?,24-/m0/s1. The van der Waals surface area contributed by atoms with Crippen LogP contribution in [0.25, 0.3) is 0 Å². The fourth-order valence-corrected chi connectivity index (χ4v) is 6.75. The van der Waals surface area contributed by atoms with Crippen molar-refractivity contribution in [3.05, 3.63) is 24.3 Å². The van der Waals surface area contributed by atoms with Crippen LogP contribution in [0.2, 0.25) is 0 Å². The number of carbonyl (C=O) groups is 1. The zero-order chi connectivity index (χ0) is 24.6. The highest BCUT2D eigenvalue weighted by molar-refractivity contribution is 7.92. The number of rotatable bonds is 7. The fraction of sp³-hybridized carbons (Fsp3) is 0.667. The van der Waals surface area contributed by atoms with Gasteiger partial charge in [0.25, 0.3) is 0 Å². The van der Waals surface area contributed by atoms with E-state index in [0.29, 0.717) is 32.6 Å². The van der Waals surface area contributed by atoms with E-state index in [9.17, 15) is 18.5 Å². The van der Waals surface area contributed by atoms with Crippen LogP contribution < -0.4 is 16.1 Å². The van der Waals surface area contributed by atoms with E-state index in [0.717, 1.165) is 24.9 Å². The van der Waals surface area contributed by atoms with Crippen molar-refractivity contribution in [2.45, 2.75) is 80.3 Å². The van der Waals surface area contributed by atoms with Crippen LogP contribution in [-0.4, -0.2) is 61.6 Å². The number of nitriles is 1. The molecule has 4 rings (SSSR count). The Hall–Kier alpha value is -2.19. The number of benzene rings is 1. The van der Waals surface area contributed by atoms with E-state index >= 15 is 0 Å². The summed E-state index contributed by atoms with van der Waals surface area (Å²) in [4.78, 5) is 13.2. The molecule has 9 nitrogen and oxygen atoms in total. The van der Waals surface area contributed by atoms with Gasteiger partial charge in [0.1, 0.15) is 6.17 Å². The maximum Gasteiger partial charge on any atom is 0.228 e. The summed E-state index contributed by atoms with van der Waals surface area (Å²) < 4.78 is 30.8. The molecule has 3 N–H and O–H groups in total. The number of hydrogen-bond donors (Lipinski definition) is 3. The molecular formula is C24H35N5O4S. The lowest BCUT2D eigenvalue weighted by Gasteiger charge is -2.46. The predicted molar refractivity (Wildman–Crippen MR) is 128 cm³/mol. The molecule has 3 aliphatic rings. The molecule has 1 amide bonds. The van der Waals surface area contributed by atoms with Gasteiger partial charge in [-0.3, -0.25) is 4.79 Å². The summed E-state index contributed by atoms with van der Waals surface area (Å²) in [5.41, 5.74) is 3.74. The van der Waals surface area contributed by atoms with E-state index < -0.39 is 26.3 Å². The highest BCUT2D eigenvalue weighted by Crippen LogP contribution is 2.39. The van der Waals surface area contributed by atoms with Gasteiger partial charge in [-0.05, 0) is 63.8 Å². The summed E-state index contributed by atoms with van der Waals surface area (Å²) in [6.07, 6.45) is 2.91. The lowest BCUT2D eigenvalue weighted by molar-refractivity contribution is -0.130. The maximum atomic E-state index is 13.0. The predicted octanol–water partition coefficient (Wildman–Crippen LogP) is 2.17. The summed E-state index contributed by atoms with van der Waals surface area (Å²) in [5, 5.41) is 18.0. The molecule has 4 atom stereocenters. The van der Waals surface area contributed by atoms with E-state index in [1.807, 2.05) is 6.92 Å². The highest BCUT2D eigenvalue weighted by Gasteiger charge is 2.54. The Bertz CT molecular complexity index is 1040. The van der Waals surface area contributed by atoms with Crippen LogP contribution in [0.4, 0.5) is 5.69 Å². The minimum absolute atomic E-state index is 0.0310. The molecule has 3 heterocycles. The van der Waals surface area contributed by atoms with Crippen LogP contribution in [-0.2, 0) is 19.4 Å². The number of carbonyl (C=O) groups excluding carboxylic acids is 1. The summed E-state index contributed by atoms with van der Waals surface area (Å²) in [7, 11) is -3.46. The molecule has 0 aliphatic carbocycles. The topological polar surface area (TPSA) is 124 Å². The van der Waals surface area contributed by atoms with E-state index in [1.165, 1.54) is 0 Å². The minimum Gasteiger partial charge on any atom is -0.379 e. The van der Waals surface area contributed by atoms with Gasteiger partial charge in [-0.2, -0.15) is 5.26 Å². The number of fused-ring (bicyclic) bond motifs is 1. The van der Waals surface area contributed by atoms with Crippen LogP contribution in [0.1, 0.15) is 52.9 Å². The van der Waals surface area contributed by atoms with Crippen molar-refractivity contribution in [2.75, 3.05) is 25.1 Å². The van der Waals surface area contributed by atoms with E-state index in [2.05, 4.69) is 27.1 Å². The van der Waals surface area contributed by atoms with Crippen LogP contribution in [0.3, 0.4) is 0 Å². The van der Waals surface area contributed by atoms with Crippen LogP contribution in [0.5, 0.6) is 0 Å². The molecule has 1 aromatic rings. The molecule has 0 saturated carbocycles. The normalized spacial score (nSPS) is 30.3. The molecule has 10 heteroatoms. The molecule has 3 fully saturated rings. The van der Waals surface area contributed by atoms with E-state index in [4.69, 9.17) is 4.74 Å². The van der Waals surface area contributed by atoms with Gasteiger partial charge in [-0.25, -0.2) is 18.9 Å². The Morgan fingerprint density at radius 2 is 2.06 bits per heavy atom. The Morgan fingerprint density at radius 3 is 2.68 bits per heavy atom. The van der Waals surface area contributed by atoms with Gasteiger partial charge in [0, 0.05) is 24.9 Å². The van der Waals surface area contributed by atoms with Crippen molar-refractivity contribution in [1.82, 2.24) is 15.8 Å². The van der Waals surface area contributed by atoms with Gasteiger partial charge < -0.3 is 15.4 Å². The van der Waals surface area contributed by atoms with Crippen LogP contribution in [0.15, 0.2) is 29.2 Å². The summed E-state index contributed by atoms with van der Waals surface area (Å²) in [6, 6.07) is 8.98.